The fraction of sp³-hybridized carbons (Fsp3) is 0.562. The molecule has 1 atom stereocenters. The summed E-state index contributed by atoms with van der Waals surface area (Å²) >= 11 is 0. The van der Waals surface area contributed by atoms with Gasteiger partial charge in [-0.1, -0.05) is 0 Å². The molecule has 1 fully saturated rings. The number of ether oxygens (including phenoxy) is 2. The largest absolute Gasteiger partial charge is 0.490 e. The van der Waals surface area contributed by atoms with Crippen LogP contribution in [0.1, 0.15) is 37.0 Å². The lowest BCUT2D eigenvalue weighted by Gasteiger charge is -2.28. The van der Waals surface area contributed by atoms with E-state index in [1.54, 1.807) is 19.1 Å². The third-order valence-corrected chi connectivity index (χ3v) is 3.74. The van der Waals surface area contributed by atoms with Gasteiger partial charge in [-0.05, 0) is 70.0 Å². The summed E-state index contributed by atoms with van der Waals surface area (Å²) in [5.41, 5.74) is 0.564. The van der Waals surface area contributed by atoms with E-state index in [0.29, 0.717) is 18.1 Å². The van der Waals surface area contributed by atoms with Crippen LogP contribution in [0.3, 0.4) is 0 Å². The van der Waals surface area contributed by atoms with Gasteiger partial charge >= 0.3 is 5.97 Å². The van der Waals surface area contributed by atoms with Crippen molar-refractivity contribution in [2.45, 2.75) is 32.8 Å². The second kappa shape index (κ2) is 7.29. The smallest absolute Gasteiger partial charge is 0.338 e. The Morgan fingerprint density at radius 2 is 1.95 bits per heavy atom. The highest BCUT2D eigenvalue weighted by Gasteiger charge is 2.21. The van der Waals surface area contributed by atoms with Crippen LogP contribution in [-0.4, -0.2) is 31.8 Å². The maximum atomic E-state index is 11.6. The maximum absolute atomic E-state index is 11.6. The predicted molar refractivity (Wildman–Crippen MR) is 78.1 cm³/mol. The molecule has 4 heteroatoms. The molecule has 110 valence electrons. The molecule has 1 aromatic rings. The topological polar surface area (TPSA) is 47.6 Å². The molecule has 0 spiro atoms. The molecule has 1 aromatic carbocycles. The minimum Gasteiger partial charge on any atom is -0.490 e. The van der Waals surface area contributed by atoms with E-state index in [-0.39, 0.29) is 12.1 Å². The molecule has 0 aromatic heterocycles. The number of hydrogen-bond acceptors (Lipinski definition) is 4. The molecule has 0 radical (unpaired) electrons. The number of carbonyl (C=O) groups excluding carboxylic acids is 1. The molecule has 0 saturated carbocycles. The third kappa shape index (κ3) is 3.97. The molecule has 1 unspecified atom stereocenters. The van der Waals surface area contributed by atoms with Gasteiger partial charge in [0.1, 0.15) is 5.75 Å². The molecular formula is C16H23NO3. The summed E-state index contributed by atoms with van der Waals surface area (Å²) in [4.78, 5) is 11.6. The molecule has 1 heterocycles. The molecular weight excluding hydrogens is 254 g/mol. The standard InChI is InChI=1S/C16H23NO3/c1-3-19-16(18)14-4-6-15(7-5-14)20-12(2)13-8-10-17-11-9-13/h4-7,12-13,17H,3,8-11H2,1-2H3. The van der Waals surface area contributed by atoms with Gasteiger partial charge in [0.05, 0.1) is 18.3 Å². The second-order valence-electron chi connectivity index (χ2n) is 5.16. The van der Waals surface area contributed by atoms with E-state index >= 15 is 0 Å². The number of carbonyl (C=O) groups is 1. The van der Waals surface area contributed by atoms with Crippen LogP contribution in [0, 0.1) is 5.92 Å². The van der Waals surface area contributed by atoms with Crippen molar-refractivity contribution in [1.82, 2.24) is 5.32 Å². The van der Waals surface area contributed by atoms with Gasteiger partial charge < -0.3 is 14.8 Å². The fourth-order valence-electron chi connectivity index (χ4n) is 2.51. The van der Waals surface area contributed by atoms with Crippen molar-refractivity contribution in [2.75, 3.05) is 19.7 Å². The molecule has 1 N–H and O–H groups in total. The predicted octanol–water partition coefficient (Wildman–Crippen LogP) is 2.63. The number of rotatable bonds is 5. The lowest BCUT2D eigenvalue weighted by Crippen LogP contribution is -2.35. The normalized spacial score (nSPS) is 17.5. The van der Waals surface area contributed by atoms with Crippen LogP contribution < -0.4 is 10.1 Å². The first-order valence-electron chi connectivity index (χ1n) is 7.35. The maximum Gasteiger partial charge on any atom is 0.338 e. The Morgan fingerprint density at radius 1 is 1.30 bits per heavy atom. The summed E-state index contributed by atoms with van der Waals surface area (Å²) in [6.45, 7) is 6.45. The van der Waals surface area contributed by atoms with Crippen molar-refractivity contribution >= 4 is 5.97 Å². The highest BCUT2D eigenvalue weighted by Crippen LogP contribution is 2.22. The zero-order chi connectivity index (χ0) is 14.4. The summed E-state index contributed by atoms with van der Waals surface area (Å²) in [7, 11) is 0. The SMILES string of the molecule is CCOC(=O)c1ccc(OC(C)C2CCNCC2)cc1. The molecule has 4 nitrogen and oxygen atoms in total. The first kappa shape index (κ1) is 14.9. The van der Waals surface area contributed by atoms with Crippen LogP contribution >= 0.6 is 0 Å². The van der Waals surface area contributed by atoms with E-state index in [1.165, 1.54) is 0 Å². The van der Waals surface area contributed by atoms with Gasteiger partial charge in [-0.15, -0.1) is 0 Å². The van der Waals surface area contributed by atoms with Crippen molar-refractivity contribution < 1.29 is 14.3 Å². The number of hydrogen-bond donors (Lipinski definition) is 1. The number of nitrogens with one attached hydrogen (secondary N) is 1. The van der Waals surface area contributed by atoms with Crippen LogP contribution in [0.25, 0.3) is 0 Å². The van der Waals surface area contributed by atoms with Gasteiger partial charge in [0.2, 0.25) is 0 Å². The zero-order valence-corrected chi connectivity index (χ0v) is 12.2. The van der Waals surface area contributed by atoms with Gasteiger partial charge in [-0.3, -0.25) is 0 Å². The van der Waals surface area contributed by atoms with Crippen molar-refractivity contribution in [3.05, 3.63) is 29.8 Å². The van der Waals surface area contributed by atoms with Gasteiger partial charge in [0, 0.05) is 0 Å². The Labute approximate surface area is 120 Å². The van der Waals surface area contributed by atoms with Crippen LogP contribution in [0.4, 0.5) is 0 Å². The molecule has 1 aliphatic rings. The van der Waals surface area contributed by atoms with E-state index < -0.39 is 0 Å². The van der Waals surface area contributed by atoms with Crippen LogP contribution in [0.5, 0.6) is 5.75 Å². The molecule has 1 aliphatic heterocycles. The molecule has 0 aliphatic carbocycles. The van der Waals surface area contributed by atoms with Crippen LogP contribution in [0.15, 0.2) is 24.3 Å². The third-order valence-electron chi connectivity index (χ3n) is 3.74. The molecule has 1 saturated heterocycles. The number of piperidine rings is 1. The van der Waals surface area contributed by atoms with E-state index in [4.69, 9.17) is 9.47 Å². The van der Waals surface area contributed by atoms with E-state index in [1.807, 2.05) is 12.1 Å². The average molecular weight is 277 g/mol. The average Bonchev–Trinajstić information content (AvgIpc) is 2.49. The summed E-state index contributed by atoms with van der Waals surface area (Å²) in [6.07, 6.45) is 2.51. The fourth-order valence-corrected chi connectivity index (χ4v) is 2.51. The zero-order valence-electron chi connectivity index (χ0n) is 12.2. The summed E-state index contributed by atoms with van der Waals surface area (Å²) in [6, 6.07) is 7.18. The van der Waals surface area contributed by atoms with Crippen molar-refractivity contribution in [3.8, 4) is 5.75 Å². The summed E-state index contributed by atoms with van der Waals surface area (Å²) in [5.74, 6) is 1.12. The van der Waals surface area contributed by atoms with Gasteiger partial charge in [0.25, 0.3) is 0 Å². The second-order valence-corrected chi connectivity index (χ2v) is 5.16. The van der Waals surface area contributed by atoms with Gasteiger partial charge in [-0.25, -0.2) is 4.79 Å². The first-order chi connectivity index (χ1) is 9.70. The van der Waals surface area contributed by atoms with Crippen molar-refractivity contribution in [2.24, 2.45) is 5.92 Å². The lowest BCUT2D eigenvalue weighted by molar-refractivity contribution is 0.0526. The first-order valence-corrected chi connectivity index (χ1v) is 7.35. The Bertz CT molecular complexity index is 424. The molecule has 20 heavy (non-hydrogen) atoms. The molecule has 0 bridgehead atoms. The van der Waals surface area contributed by atoms with E-state index in [2.05, 4.69) is 12.2 Å². The highest BCUT2D eigenvalue weighted by molar-refractivity contribution is 5.89. The quantitative estimate of drug-likeness (QED) is 0.841. The number of esters is 1. The minimum absolute atomic E-state index is 0.200. The van der Waals surface area contributed by atoms with Crippen LogP contribution in [0.2, 0.25) is 0 Å². The van der Waals surface area contributed by atoms with E-state index in [9.17, 15) is 4.79 Å². The van der Waals surface area contributed by atoms with Gasteiger partial charge in [-0.2, -0.15) is 0 Å². The Balaban J connectivity index is 1.91. The Morgan fingerprint density at radius 3 is 2.55 bits per heavy atom. The van der Waals surface area contributed by atoms with Crippen molar-refractivity contribution in [3.63, 3.8) is 0 Å². The molecule has 2 rings (SSSR count). The number of benzene rings is 1. The van der Waals surface area contributed by atoms with Crippen molar-refractivity contribution in [1.29, 1.82) is 0 Å². The summed E-state index contributed by atoms with van der Waals surface area (Å²) in [5, 5.41) is 3.36. The van der Waals surface area contributed by atoms with Gasteiger partial charge in [0.15, 0.2) is 0 Å². The monoisotopic (exact) mass is 277 g/mol. The Hall–Kier alpha value is -1.55. The lowest BCUT2D eigenvalue weighted by atomic mass is 9.93. The van der Waals surface area contributed by atoms with E-state index in [0.717, 1.165) is 31.7 Å². The minimum atomic E-state index is -0.287. The Kier molecular flexibility index (Phi) is 5.41. The highest BCUT2D eigenvalue weighted by atomic mass is 16.5. The van der Waals surface area contributed by atoms with Crippen LogP contribution in [-0.2, 0) is 4.74 Å². The molecule has 0 amide bonds. The summed E-state index contributed by atoms with van der Waals surface area (Å²) < 4.78 is 10.9.